The first kappa shape index (κ1) is 17.3. The average Bonchev–Trinajstić information content (AvgIpc) is 2.72. The van der Waals surface area contributed by atoms with E-state index in [0.29, 0.717) is 31.7 Å². The summed E-state index contributed by atoms with van der Waals surface area (Å²) in [7, 11) is 0. The number of carbonyl (C=O) groups is 2. The molecule has 0 spiro atoms. The number of hydrogen-bond acceptors (Lipinski definition) is 4. The number of aromatic nitrogens is 1. The van der Waals surface area contributed by atoms with E-state index in [1.807, 2.05) is 29.2 Å². The third-order valence-corrected chi connectivity index (χ3v) is 5.00. The number of nitrogens with one attached hydrogen (secondary N) is 1. The van der Waals surface area contributed by atoms with Crippen molar-refractivity contribution in [3.63, 3.8) is 0 Å². The highest BCUT2D eigenvalue weighted by molar-refractivity contribution is 5.94. The highest BCUT2D eigenvalue weighted by Crippen LogP contribution is 2.21. The van der Waals surface area contributed by atoms with Crippen molar-refractivity contribution in [1.29, 1.82) is 0 Å². The molecular weight excluding hydrogens is 340 g/mol. The van der Waals surface area contributed by atoms with Gasteiger partial charge in [-0.2, -0.15) is 0 Å². The number of carbonyl (C=O) groups excluding carboxylic acids is 2. The second kappa shape index (κ2) is 7.61. The second-order valence-electron chi connectivity index (χ2n) is 6.81. The van der Waals surface area contributed by atoms with Crippen molar-refractivity contribution in [2.75, 3.05) is 36.4 Å². The van der Waals surface area contributed by atoms with Crippen molar-refractivity contribution in [2.45, 2.75) is 12.8 Å². The lowest BCUT2D eigenvalue weighted by Gasteiger charge is -2.35. The molecule has 1 fully saturated rings. The van der Waals surface area contributed by atoms with Gasteiger partial charge in [0.2, 0.25) is 11.8 Å². The molecule has 2 aliphatic rings. The Morgan fingerprint density at radius 3 is 2.63 bits per heavy atom. The minimum atomic E-state index is 0.00288. The highest BCUT2D eigenvalue weighted by atomic mass is 16.2. The van der Waals surface area contributed by atoms with Crippen LogP contribution in [-0.2, 0) is 16.0 Å². The number of nitrogens with zero attached hydrogens (tertiary/aromatic N) is 3. The number of rotatable bonds is 3. The average molecular weight is 362 g/mol. The summed E-state index contributed by atoms with van der Waals surface area (Å²) < 4.78 is 0. The van der Waals surface area contributed by atoms with Gasteiger partial charge in [-0.25, -0.2) is 4.98 Å². The molecular formula is C21H22N4O2. The molecule has 0 radical (unpaired) electrons. The van der Waals surface area contributed by atoms with E-state index in [1.54, 1.807) is 18.3 Å². The van der Waals surface area contributed by atoms with E-state index in [0.717, 1.165) is 24.2 Å². The first-order valence-corrected chi connectivity index (χ1v) is 9.25. The number of para-hydroxylation sites is 1. The fraction of sp³-hybridized carbons (Fsp3) is 0.286. The van der Waals surface area contributed by atoms with Gasteiger partial charge < -0.3 is 15.1 Å². The van der Waals surface area contributed by atoms with Gasteiger partial charge in [-0.15, -0.1) is 0 Å². The number of benzene rings is 1. The van der Waals surface area contributed by atoms with E-state index in [2.05, 4.69) is 27.3 Å². The summed E-state index contributed by atoms with van der Waals surface area (Å²) in [5, 5.41) is 2.77. The van der Waals surface area contributed by atoms with Crippen molar-refractivity contribution >= 4 is 29.4 Å². The van der Waals surface area contributed by atoms with Crippen molar-refractivity contribution in [1.82, 2.24) is 9.88 Å². The number of anilines is 2. The zero-order chi connectivity index (χ0) is 18.6. The molecule has 138 valence electrons. The third kappa shape index (κ3) is 4.00. The van der Waals surface area contributed by atoms with E-state index < -0.39 is 0 Å². The van der Waals surface area contributed by atoms with E-state index in [1.165, 1.54) is 5.69 Å². The molecule has 6 heteroatoms. The monoisotopic (exact) mass is 362 g/mol. The Balaban J connectivity index is 1.35. The standard InChI is InChI=1S/C21H22N4O2/c26-19-8-7-17-14-16(15-22-21(17)23-19)6-9-20(27)25-12-10-24(11-13-25)18-4-2-1-3-5-18/h1-6,9,14-15H,7-8,10-13H2,(H,22,23,26)/b9-6+. The van der Waals surface area contributed by atoms with Gasteiger partial charge in [-0.3, -0.25) is 9.59 Å². The van der Waals surface area contributed by atoms with Crippen LogP contribution >= 0.6 is 0 Å². The van der Waals surface area contributed by atoms with Gasteiger partial charge in [0.15, 0.2) is 0 Å². The van der Waals surface area contributed by atoms with Gasteiger partial charge in [0, 0.05) is 50.6 Å². The first-order chi connectivity index (χ1) is 13.2. The largest absolute Gasteiger partial charge is 0.368 e. The lowest BCUT2D eigenvalue weighted by molar-refractivity contribution is -0.126. The molecule has 1 aromatic heterocycles. The summed E-state index contributed by atoms with van der Waals surface area (Å²) in [6, 6.07) is 12.3. The SMILES string of the molecule is O=C1CCc2cc(/C=C/C(=O)N3CCN(c4ccccc4)CC3)cnc2N1. The summed E-state index contributed by atoms with van der Waals surface area (Å²) in [4.78, 5) is 32.4. The molecule has 27 heavy (non-hydrogen) atoms. The maximum absolute atomic E-state index is 12.5. The fourth-order valence-electron chi connectivity index (χ4n) is 3.46. The Morgan fingerprint density at radius 1 is 1.07 bits per heavy atom. The van der Waals surface area contributed by atoms with Crippen LogP contribution in [0, 0.1) is 0 Å². The van der Waals surface area contributed by atoms with Gasteiger partial charge in [0.1, 0.15) is 5.82 Å². The zero-order valence-corrected chi connectivity index (χ0v) is 15.1. The minimum Gasteiger partial charge on any atom is -0.368 e. The van der Waals surface area contributed by atoms with Gasteiger partial charge in [0.25, 0.3) is 0 Å². The van der Waals surface area contributed by atoms with Crippen LogP contribution < -0.4 is 10.2 Å². The van der Waals surface area contributed by atoms with Crippen LogP contribution in [-0.4, -0.2) is 47.9 Å². The molecule has 0 saturated carbocycles. The van der Waals surface area contributed by atoms with E-state index in [-0.39, 0.29) is 11.8 Å². The van der Waals surface area contributed by atoms with Gasteiger partial charge in [-0.1, -0.05) is 18.2 Å². The molecule has 1 saturated heterocycles. The lowest BCUT2D eigenvalue weighted by Crippen LogP contribution is -2.48. The van der Waals surface area contributed by atoms with Crippen molar-refractivity contribution in [3.05, 3.63) is 59.8 Å². The molecule has 2 aliphatic heterocycles. The maximum Gasteiger partial charge on any atom is 0.246 e. The number of fused-ring (bicyclic) bond motifs is 1. The van der Waals surface area contributed by atoms with E-state index >= 15 is 0 Å². The molecule has 4 rings (SSSR count). The van der Waals surface area contributed by atoms with Crippen LogP contribution in [0.2, 0.25) is 0 Å². The number of amides is 2. The third-order valence-electron chi connectivity index (χ3n) is 5.00. The topological polar surface area (TPSA) is 65.5 Å². The molecule has 0 bridgehead atoms. The Hall–Kier alpha value is -3.15. The minimum absolute atomic E-state index is 0.00288. The van der Waals surface area contributed by atoms with Crippen LogP contribution in [0.15, 0.2) is 48.7 Å². The molecule has 0 aliphatic carbocycles. The lowest BCUT2D eigenvalue weighted by atomic mass is 10.0. The van der Waals surface area contributed by atoms with Crippen LogP contribution in [0.5, 0.6) is 0 Å². The zero-order valence-electron chi connectivity index (χ0n) is 15.1. The molecule has 3 heterocycles. The summed E-state index contributed by atoms with van der Waals surface area (Å²) in [5.41, 5.74) is 3.09. The summed E-state index contributed by atoms with van der Waals surface area (Å²) in [6.07, 6.45) is 6.26. The van der Waals surface area contributed by atoms with E-state index in [4.69, 9.17) is 0 Å². The van der Waals surface area contributed by atoms with Crippen LogP contribution in [0.1, 0.15) is 17.5 Å². The van der Waals surface area contributed by atoms with Gasteiger partial charge in [0.05, 0.1) is 0 Å². The van der Waals surface area contributed by atoms with Crippen LogP contribution in [0.25, 0.3) is 6.08 Å². The maximum atomic E-state index is 12.5. The summed E-state index contributed by atoms with van der Waals surface area (Å²) in [6.45, 7) is 3.10. The van der Waals surface area contributed by atoms with Crippen molar-refractivity contribution in [2.24, 2.45) is 0 Å². The quantitative estimate of drug-likeness (QED) is 0.851. The number of hydrogen-bond donors (Lipinski definition) is 1. The fourth-order valence-corrected chi connectivity index (χ4v) is 3.46. The Morgan fingerprint density at radius 2 is 1.85 bits per heavy atom. The van der Waals surface area contributed by atoms with Crippen LogP contribution in [0.3, 0.4) is 0 Å². The predicted molar refractivity (Wildman–Crippen MR) is 105 cm³/mol. The molecule has 2 aromatic rings. The summed E-state index contributed by atoms with van der Waals surface area (Å²) >= 11 is 0. The van der Waals surface area contributed by atoms with Gasteiger partial charge in [-0.05, 0) is 41.8 Å². The molecule has 6 nitrogen and oxygen atoms in total. The van der Waals surface area contributed by atoms with Gasteiger partial charge >= 0.3 is 0 Å². The molecule has 1 aromatic carbocycles. The normalized spacial score (nSPS) is 17.0. The highest BCUT2D eigenvalue weighted by Gasteiger charge is 2.20. The Kier molecular flexibility index (Phi) is 4.87. The Labute approximate surface area is 158 Å². The molecule has 1 N–H and O–H groups in total. The molecule has 0 unspecified atom stereocenters. The smallest absolute Gasteiger partial charge is 0.246 e. The predicted octanol–water partition coefficient (Wildman–Crippen LogP) is 2.33. The number of piperazine rings is 1. The first-order valence-electron chi connectivity index (χ1n) is 9.25. The van der Waals surface area contributed by atoms with Crippen molar-refractivity contribution < 1.29 is 9.59 Å². The van der Waals surface area contributed by atoms with Crippen molar-refractivity contribution in [3.8, 4) is 0 Å². The summed E-state index contributed by atoms with van der Waals surface area (Å²) in [5.74, 6) is 0.656. The second-order valence-corrected chi connectivity index (χ2v) is 6.81. The van der Waals surface area contributed by atoms with Crippen LogP contribution in [0.4, 0.5) is 11.5 Å². The molecule has 0 atom stereocenters. The number of aryl methyl sites for hydroxylation is 1. The Bertz CT molecular complexity index is 871. The molecule has 2 amide bonds. The number of pyridine rings is 1. The van der Waals surface area contributed by atoms with E-state index in [9.17, 15) is 9.59 Å².